The Balaban J connectivity index is 2.24. The standard InChI is InChI=1S/C15H21ClFNO2/c1-11(2)10-20-8-4-7-18-15(19)9-12-13(16)5-3-6-14(12)17/h3,5-6,11H,4,7-10H2,1-2H3,(H,18,19). The van der Waals surface area contributed by atoms with Gasteiger partial charge in [-0.15, -0.1) is 0 Å². The summed E-state index contributed by atoms with van der Waals surface area (Å²) in [4.78, 5) is 11.7. The van der Waals surface area contributed by atoms with Gasteiger partial charge in [0.05, 0.1) is 6.42 Å². The SMILES string of the molecule is CC(C)COCCCNC(=O)Cc1c(F)cccc1Cl. The normalized spacial score (nSPS) is 10.8. The zero-order valence-electron chi connectivity index (χ0n) is 11.9. The summed E-state index contributed by atoms with van der Waals surface area (Å²) < 4.78 is 18.9. The van der Waals surface area contributed by atoms with Gasteiger partial charge < -0.3 is 10.1 Å². The maximum Gasteiger partial charge on any atom is 0.224 e. The van der Waals surface area contributed by atoms with Crippen LogP contribution in [0.5, 0.6) is 0 Å². The van der Waals surface area contributed by atoms with Crippen molar-refractivity contribution < 1.29 is 13.9 Å². The average Bonchev–Trinajstić information content (AvgIpc) is 2.38. The van der Waals surface area contributed by atoms with E-state index in [2.05, 4.69) is 19.2 Å². The highest BCUT2D eigenvalue weighted by atomic mass is 35.5. The van der Waals surface area contributed by atoms with Crippen molar-refractivity contribution in [2.45, 2.75) is 26.7 Å². The second-order valence-electron chi connectivity index (χ2n) is 5.05. The topological polar surface area (TPSA) is 38.3 Å². The van der Waals surface area contributed by atoms with E-state index in [-0.39, 0.29) is 22.9 Å². The van der Waals surface area contributed by atoms with Gasteiger partial charge in [-0.05, 0) is 24.5 Å². The first-order valence-corrected chi connectivity index (χ1v) is 7.16. The van der Waals surface area contributed by atoms with Gasteiger partial charge in [-0.25, -0.2) is 4.39 Å². The van der Waals surface area contributed by atoms with Crippen LogP contribution in [0.15, 0.2) is 18.2 Å². The summed E-state index contributed by atoms with van der Waals surface area (Å²) in [5.41, 5.74) is 0.239. The number of amides is 1. The van der Waals surface area contributed by atoms with E-state index in [0.29, 0.717) is 19.1 Å². The quantitative estimate of drug-likeness (QED) is 0.749. The molecule has 3 nitrogen and oxygen atoms in total. The predicted octanol–water partition coefficient (Wildman–Crippen LogP) is 3.20. The monoisotopic (exact) mass is 301 g/mol. The van der Waals surface area contributed by atoms with E-state index < -0.39 is 5.82 Å². The number of carbonyl (C=O) groups excluding carboxylic acids is 1. The molecule has 112 valence electrons. The van der Waals surface area contributed by atoms with E-state index in [9.17, 15) is 9.18 Å². The molecule has 0 fully saturated rings. The van der Waals surface area contributed by atoms with Gasteiger partial charge in [0.1, 0.15) is 5.82 Å². The van der Waals surface area contributed by atoms with Crippen molar-refractivity contribution in [1.82, 2.24) is 5.32 Å². The fourth-order valence-corrected chi connectivity index (χ4v) is 1.88. The van der Waals surface area contributed by atoms with Gasteiger partial charge in [-0.3, -0.25) is 4.79 Å². The first kappa shape index (κ1) is 16.9. The molecule has 0 unspecified atom stereocenters. The largest absolute Gasteiger partial charge is 0.381 e. The second-order valence-corrected chi connectivity index (χ2v) is 5.46. The molecule has 0 radical (unpaired) electrons. The van der Waals surface area contributed by atoms with Crippen LogP contribution in [0.3, 0.4) is 0 Å². The molecule has 0 spiro atoms. The molecular weight excluding hydrogens is 281 g/mol. The molecule has 1 amide bonds. The van der Waals surface area contributed by atoms with Crippen molar-refractivity contribution >= 4 is 17.5 Å². The summed E-state index contributed by atoms with van der Waals surface area (Å²) in [6, 6.07) is 4.40. The Kier molecular flexibility index (Phi) is 7.55. The Morgan fingerprint density at radius 1 is 1.45 bits per heavy atom. The molecular formula is C15H21ClFNO2. The number of ether oxygens (including phenoxy) is 1. The minimum atomic E-state index is -0.451. The average molecular weight is 302 g/mol. The molecule has 0 aliphatic heterocycles. The molecule has 1 aromatic carbocycles. The van der Waals surface area contributed by atoms with Crippen LogP contribution in [0.25, 0.3) is 0 Å². The van der Waals surface area contributed by atoms with Crippen LogP contribution in [0.4, 0.5) is 4.39 Å². The highest BCUT2D eigenvalue weighted by Gasteiger charge is 2.11. The molecule has 20 heavy (non-hydrogen) atoms. The smallest absolute Gasteiger partial charge is 0.224 e. The van der Waals surface area contributed by atoms with E-state index in [4.69, 9.17) is 16.3 Å². The highest BCUT2D eigenvalue weighted by Crippen LogP contribution is 2.19. The summed E-state index contributed by atoms with van der Waals surface area (Å²) >= 11 is 5.87. The predicted molar refractivity (Wildman–Crippen MR) is 78.4 cm³/mol. The third-order valence-electron chi connectivity index (χ3n) is 2.64. The van der Waals surface area contributed by atoms with Gasteiger partial charge in [0.15, 0.2) is 0 Å². The fourth-order valence-electron chi connectivity index (χ4n) is 1.65. The lowest BCUT2D eigenvalue weighted by molar-refractivity contribution is -0.120. The van der Waals surface area contributed by atoms with Crippen molar-refractivity contribution in [3.05, 3.63) is 34.6 Å². The Hall–Kier alpha value is -1.13. The van der Waals surface area contributed by atoms with Crippen LogP contribution >= 0.6 is 11.6 Å². The third kappa shape index (κ3) is 6.35. The van der Waals surface area contributed by atoms with Crippen molar-refractivity contribution in [2.24, 2.45) is 5.92 Å². The van der Waals surface area contributed by atoms with Gasteiger partial charge in [-0.2, -0.15) is 0 Å². The lowest BCUT2D eigenvalue weighted by Gasteiger charge is -2.09. The molecule has 0 atom stereocenters. The van der Waals surface area contributed by atoms with Crippen molar-refractivity contribution in [2.75, 3.05) is 19.8 Å². The molecule has 1 N–H and O–H groups in total. The van der Waals surface area contributed by atoms with E-state index >= 15 is 0 Å². The summed E-state index contributed by atoms with van der Waals surface area (Å²) in [5, 5.41) is 3.01. The Morgan fingerprint density at radius 3 is 2.85 bits per heavy atom. The first-order chi connectivity index (χ1) is 9.50. The number of benzene rings is 1. The first-order valence-electron chi connectivity index (χ1n) is 6.78. The molecule has 0 aliphatic rings. The number of carbonyl (C=O) groups is 1. The minimum Gasteiger partial charge on any atom is -0.381 e. The van der Waals surface area contributed by atoms with Crippen LogP contribution in [-0.2, 0) is 16.0 Å². The van der Waals surface area contributed by atoms with Crippen molar-refractivity contribution in [3.63, 3.8) is 0 Å². The van der Waals surface area contributed by atoms with E-state index in [1.54, 1.807) is 6.07 Å². The van der Waals surface area contributed by atoms with Crippen molar-refractivity contribution in [3.8, 4) is 0 Å². The van der Waals surface area contributed by atoms with Gasteiger partial charge in [0.25, 0.3) is 0 Å². The summed E-state index contributed by atoms with van der Waals surface area (Å²) in [6.45, 7) is 6.01. The van der Waals surface area contributed by atoms with Crippen LogP contribution in [0.1, 0.15) is 25.8 Å². The van der Waals surface area contributed by atoms with Crippen LogP contribution in [0, 0.1) is 11.7 Å². The molecule has 0 aromatic heterocycles. The van der Waals surface area contributed by atoms with E-state index in [1.165, 1.54) is 12.1 Å². The van der Waals surface area contributed by atoms with Crippen LogP contribution in [-0.4, -0.2) is 25.7 Å². The molecule has 1 aromatic rings. The van der Waals surface area contributed by atoms with Gasteiger partial charge in [0, 0.05) is 30.3 Å². The third-order valence-corrected chi connectivity index (χ3v) is 2.99. The molecule has 0 heterocycles. The number of hydrogen-bond donors (Lipinski definition) is 1. The highest BCUT2D eigenvalue weighted by molar-refractivity contribution is 6.31. The summed E-state index contributed by atoms with van der Waals surface area (Å²) in [6.07, 6.45) is 0.696. The summed E-state index contributed by atoms with van der Waals surface area (Å²) in [7, 11) is 0. The van der Waals surface area contributed by atoms with E-state index in [1.807, 2.05) is 0 Å². The second kappa shape index (κ2) is 8.93. The molecule has 0 saturated carbocycles. The number of hydrogen-bond acceptors (Lipinski definition) is 2. The van der Waals surface area contributed by atoms with Gasteiger partial charge in [-0.1, -0.05) is 31.5 Å². The van der Waals surface area contributed by atoms with Crippen molar-refractivity contribution in [1.29, 1.82) is 0 Å². The Bertz CT molecular complexity index is 418. The maximum absolute atomic E-state index is 13.5. The maximum atomic E-state index is 13.5. The lowest BCUT2D eigenvalue weighted by atomic mass is 10.1. The van der Waals surface area contributed by atoms with Crippen LogP contribution < -0.4 is 5.32 Å². The zero-order chi connectivity index (χ0) is 15.0. The van der Waals surface area contributed by atoms with Gasteiger partial charge in [0.2, 0.25) is 5.91 Å². The molecule has 1 rings (SSSR count). The summed E-state index contributed by atoms with van der Waals surface area (Å²) in [5.74, 6) is -0.179. The number of nitrogens with one attached hydrogen (secondary N) is 1. The Morgan fingerprint density at radius 2 is 2.20 bits per heavy atom. The Labute approximate surface area is 124 Å². The van der Waals surface area contributed by atoms with Crippen LogP contribution in [0.2, 0.25) is 5.02 Å². The number of halogens is 2. The molecule has 0 saturated heterocycles. The van der Waals surface area contributed by atoms with E-state index in [0.717, 1.165) is 13.0 Å². The number of rotatable bonds is 8. The molecule has 0 aliphatic carbocycles. The molecule has 0 bridgehead atoms. The molecule has 5 heteroatoms. The lowest BCUT2D eigenvalue weighted by Crippen LogP contribution is -2.27. The van der Waals surface area contributed by atoms with Gasteiger partial charge >= 0.3 is 0 Å². The minimum absolute atomic E-state index is 0.0433. The fraction of sp³-hybridized carbons (Fsp3) is 0.533. The zero-order valence-corrected chi connectivity index (χ0v) is 12.7.